The fourth-order valence-corrected chi connectivity index (χ4v) is 1.79. The number of hydrogen-bond donors (Lipinski definition) is 0. The average molecular weight is 258 g/mol. The van der Waals surface area contributed by atoms with Crippen molar-refractivity contribution in [3.05, 3.63) is 33.4 Å². The lowest BCUT2D eigenvalue weighted by atomic mass is 10.1. The van der Waals surface area contributed by atoms with E-state index in [1.807, 2.05) is 12.1 Å². The number of hydrogen-bond acceptors (Lipinski definition) is 1. The maximum absolute atomic E-state index is 5.46. The van der Waals surface area contributed by atoms with E-state index in [-0.39, 0.29) is 0 Å². The molecule has 0 N–H and O–H groups in total. The van der Waals surface area contributed by atoms with Gasteiger partial charge >= 0.3 is 0 Å². The molecule has 1 heterocycles. The Balaban J connectivity index is 2.60. The molecule has 0 saturated heterocycles. The standard InChI is InChI=1S/C9H7IO/c10-8-5-1-3-7-4-2-6-11-9(7)8/h1-5H,6H2. The summed E-state index contributed by atoms with van der Waals surface area (Å²) in [6.07, 6.45) is 4.12. The highest BCUT2D eigenvalue weighted by atomic mass is 127. The van der Waals surface area contributed by atoms with Crippen LogP contribution >= 0.6 is 22.6 Å². The maximum atomic E-state index is 5.46. The second-order valence-electron chi connectivity index (χ2n) is 2.37. The largest absolute Gasteiger partial charge is 0.488 e. The Bertz CT molecular complexity index is 304. The van der Waals surface area contributed by atoms with Gasteiger partial charge in [-0.2, -0.15) is 0 Å². The van der Waals surface area contributed by atoms with Gasteiger partial charge in [-0.3, -0.25) is 0 Å². The van der Waals surface area contributed by atoms with Crippen LogP contribution in [0.1, 0.15) is 5.56 Å². The Morgan fingerprint density at radius 3 is 3.09 bits per heavy atom. The highest BCUT2D eigenvalue weighted by molar-refractivity contribution is 14.1. The van der Waals surface area contributed by atoms with Crippen molar-refractivity contribution in [2.45, 2.75) is 0 Å². The molecule has 1 aromatic rings. The maximum Gasteiger partial charge on any atom is 0.140 e. The highest BCUT2D eigenvalue weighted by Gasteiger charge is 2.07. The van der Waals surface area contributed by atoms with Crippen molar-refractivity contribution in [2.75, 3.05) is 6.61 Å². The number of fused-ring (bicyclic) bond motifs is 1. The smallest absolute Gasteiger partial charge is 0.140 e. The molecule has 56 valence electrons. The SMILES string of the molecule is Ic1cccc2c1OCC=C2. The Hall–Kier alpha value is -0.510. The van der Waals surface area contributed by atoms with E-state index >= 15 is 0 Å². The van der Waals surface area contributed by atoms with Crippen molar-refractivity contribution < 1.29 is 4.74 Å². The van der Waals surface area contributed by atoms with Gasteiger partial charge in [0.05, 0.1) is 3.57 Å². The first kappa shape index (κ1) is 7.16. The van der Waals surface area contributed by atoms with E-state index in [1.54, 1.807) is 0 Å². The van der Waals surface area contributed by atoms with Gasteiger partial charge in [0, 0.05) is 5.56 Å². The van der Waals surface area contributed by atoms with E-state index in [1.165, 1.54) is 9.13 Å². The average Bonchev–Trinajstić information content (AvgIpc) is 2.06. The summed E-state index contributed by atoms with van der Waals surface area (Å²) in [5, 5.41) is 0. The van der Waals surface area contributed by atoms with Crippen LogP contribution in [0.3, 0.4) is 0 Å². The van der Waals surface area contributed by atoms with Crippen molar-refractivity contribution in [3.63, 3.8) is 0 Å². The molecule has 0 spiro atoms. The molecule has 0 atom stereocenters. The molecule has 0 radical (unpaired) electrons. The number of para-hydroxylation sites is 1. The summed E-state index contributed by atoms with van der Waals surface area (Å²) in [6, 6.07) is 6.16. The summed E-state index contributed by atoms with van der Waals surface area (Å²) in [6.45, 7) is 0.701. The lowest BCUT2D eigenvalue weighted by molar-refractivity contribution is 0.356. The molecule has 0 aromatic heterocycles. The van der Waals surface area contributed by atoms with Gasteiger partial charge in [0.1, 0.15) is 12.4 Å². The van der Waals surface area contributed by atoms with Crippen molar-refractivity contribution in [2.24, 2.45) is 0 Å². The zero-order chi connectivity index (χ0) is 7.68. The molecule has 1 aliphatic heterocycles. The second kappa shape index (κ2) is 2.85. The number of rotatable bonds is 0. The Morgan fingerprint density at radius 1 is 1.36 bits per heavy atom. The van der Waals surface area contributed by atoms with E-state index in [9.17, 15) is 0 Å². The zero-order valence-electron chi connectivity index (χ0n) is 5.88. The summed E-state index contributed by atoms with van der Waals surface area (Å²) in [7, 11) is 0. The summed E-state index contributed by atoms with van der Waals surface area (Å²) >= 11 is 2.28. The number of ether oxygens (including phenoxy) is 1. The van der Waals surface area contributed by atoms with Crippen LogP contribution in [0.4, 0.5) is 0 Å². The minimum absolute atomic E-state index is 0.701. The molecular weight excluding hydrogens is 251 g/mol. The summed E-state index contributed by atoms with van der Waals surface area (Å²) in [4.78, 5) is 0. The topological polar surface area (TPSA) is 9.23 Å². The van der Waals surface area contributed by atoms with Crippen molar-refractivity contribution >= 4 is 28.7 Å². The molecule has 0 bridgehead atoms. The summed E-state index contributed by atoms with van der Waals surface area (Å²) < 4.78 is 6.64. The first-order chi connectivity index (χ1) is 5.38. The number of benzene rings is 1. The molecule has 1 aromatic carbocycles. The van der Waals surface area contributed by atoms with Gasteiger partial charge in [0.15, 0.2) is 0 Å². The molecule has 11 heavy (non-hydrogen) atoms. The minimum atomic E-state index is 0.701. The first-order valence-electron chi connectivity index (χ1n) is 3.46. The van der Waals surface area contributed by atoms with Gasteiger partial charge in [-0.1, -0.05) is 18.2 Å². The van der Waals surface area contributed by atoms with E-state index < -0.39 is 0 Å². The minimum Gasteiger partial charge on any atom is -0.488 e. The van der Waals surface area contributed by atoms with Crippen LogP contribution in [0, 0.1) is 3.57 Å². The third kappa shape index (κ3) is 1.27. The van der Waals surface area contributed by atoms with Gasteiger partial charge in [-0.15, -0.1) is 0 Å². The Morgan fingerprint density at radius 2 is 2.27 bits per heavy atom. The van der Waals surface area contributed by atoms with Crippen LogP contribution in [0.15, 0.2) is 24.3 Å². The van der Waals surface area contributed by atoms with Gasteiger partial charge in [-0.25, -0.2) is 0 Å². The van der Waals surface area contributed by atoms with Gasteiger partial charge < -0.3 is 4.74 Å². The Kier molecular flexibility index (Phi) is 1.85. The van der Waals surface area contributed by atoms with Gasteiger partial charge in [-0.05, 0) is 34.7 Å². The van der Waals surface area contributed by atoms with Crippen molar-refractivity contribution in [1.29, 1.82) is 0 Å². The van der Waals surface area contributed by atoms with Crippen LogP contribution < -0.4 is 4.74 Å². The summed E-state index contributed by atoms with van der Waals surface area (Å²) in [5.41, 5.74) is 1.18. The molecule has 0 amide bonds. The fourth-order valence-electron chi connectivity index (χ4n) is 1.12. The van der Waals surface area contributed by atoms with Crippen molar-refractivity contribution in [3.8, 4) is 5.75 Å². The van der Waals surface area contributed by atoms with Gasteiger partial charge in [0.25, 0.3) is 0 Å². The zero-order valence-corrected chi connectivity index (χ0v) is 8.04. The number of halogens is 1. The molecular formula is C9H7IO. The van der Waals surface area contributed by atoms with Crippen LogP contribution in [0.25, 0.3) is 6.08 Å². The second-order valence-corrected chi connectivity index (χ2v) is 3.53. The quantitative estimate of drug-likeness (QED) is 0.650. The van der Waals surface area contributed by atoms with Gasteiger partial charge in [0.2, 0.25) is 0 Å². The van der Waals surface area contributed by atoms with Crippen LogP contribution in [0.2, 0.25) is 0 Å². The monoisotopic (exact) mass is 258 g/mol. The lowest BCUT2D eigenvalue weighted by Crippen LogP contribution is -2.01. The van der Waals surface area contributed by atoms with E-state index in [0.717, 1.165) is 5.75 Å². The van der Waals surface area contributed by atoms with E-state index in [0.29, 0.717) is 6.61 Å². The predicted molar refractivity (Wildman–Crippen MR) is 53.7 cm³/mol. The molecule has 2 heteroatoms. The molecule has 2 rings (SSSR count). The van der Waals surface area contributed by atoms with Crippen LogP contribution in [0.5, 0.6) is 5.75 Å². The van der Waals surface area contributed by atoms with E-state index in [2.05, 4.69) is 40.8 Å². The normalized spacial score (nSPS) is 13.9. The Labute approximate surface area is 79.2 Å². The highest BCUT2D eigenvalue weighted by Crippen LogP contribution is 2.28. The third-order valence-corrected chi connectivity index (χ3v) is 2.47. The van der Waals surface area contributed by atoms with Crippen molar-refractivity contribution in [1.82, 2.24) is 0 Å². The fraction of sp³-hybridized carbons (Fsp3) is 0.111. The summed E-state index contributed by atoms with van der Waals surface area (Å²) in [5.74, 6) is 1.02. The van der Waals surface area contributed by atoms with Crippen LogP contribution in [-0.4, -0.2) is 6.61 Å². The van der Waals surface area contributed by atoms with E-state index in [4.69, 9.17) is 4.74 Å². The first-order valence-corrected chi connectivity index (χ1v) is 4.53. The molecule has 0 aliphatic carbocycles. The van der Waals surface area contributed by atoms with Crippen LogP contribution in [-0.2, 0) is 0 Å². The molecule has 0 saturated carbocycles. The lowest BCUT2D eigenvalue weighted by Gasteiger charge is -2.12. The molecule has 1 nitrogen and oxygen atoms in total. The molecule has 0 fully saturated rings. The molecule has 1 aliphatic rings. The third-order valence-electron chi connectivity index (χ3n) is 1.62. The predicted octanol–water partition coefficient (Wildman–Crippen LogP) is 2.70. The molecule has 0 unspecified atom stereocenters.